The molecule has 108 valence electrons. The van der Waals surface area contributed by atoms with Gasteiger partial charge in [0.05, 0.1) is 27.6 Å². The van der Waals surface area contributed by atoms with E-state index >= 15 is 0 Å². The van der Waals surface area contributed by atoms with Gasteiger partial charge in [0.25, 0.3) is 0 Å². The Kier molecular flexibility index (Phi) is 4.94. The lowest BCUT2D eigenvalue weighted by molar-refractivity contribution is -0.145. The molecule has 4 nitrogen and oxygen atoms in total. The van der Waals surface area contributed by atoms with Crippen molar-refractivity contribution < 1.29 is 14.7 Å². The van der Waals surface area contributed by atoms with Crippen molar-refractivity contribution in [1.82, 2.24) is 0 Å². The highest BCUT2D eigenvalue weighted by Crippen LogP contribution is 2.37. The van der Waals surface area contributed by atoms with Crippen LogP contribution in [0.25, 0.3) is 0 Å². The van der Waals surface area contributed by atoms with Crippen LogP contribution in [0.1, 0.15) is 19.3 Å². The lowest BCUT2D eigenvalue weighted by Crippen LogP contribution is -2.30. The average Bonchev–Trinajstić information content (AvgIpc) is 2.89. The molecule has 1 aliphatic carbocycles. The van der Waals surface area contributed by atoms with Crippen molar-refractivity contribution in [2.75, 3.05) is 5.32 Å². The van der Waals surface area contributed by atoms with Crippen LogP contribution in [0.4, 0.5) is 5.69 Å². The second-order valence-electron chi connectivity index (χ2n) is 4.69. The van der Waals surface area contributed by atoms with Gasteiger partial charge in [-0.15, -0.1) is 0 Å². The molecular weight excluding hydrogens is 369 g/mol. The van der Waals surface area contributed by atoms with Crippen LogP contribution in [0.2, 0.25) is 10.0 Å². The normalized spacial score (nSPS) is 21.8. The van der Waals surface area contributed by atoms with Crippen LogP contribution < -0.4 is 5.32 Å². The third-order valence-electron chi connectivity index (χ3n) is 3.46. The molecule has 0 aliphatic heterocycles. The Hall–Kier alpha value is -0.780. The first-order valence-electron chi connectivity index (χ1n) is 6.09. The van der Waals surface area contributed by atoms with Gasteiger partial charge in [-0.3, -0.25) is 9.59 Å². The number of rotatable bonds is 3. The first-order chi connectivity index (χ1) is 9.41. The van der Waals surface area contributed by atoms with Crippen molar-refractivity contribution in [1.29, 1.82) is 0 Å². The fourth-order valence-electron chi connectivity index (χ4n) is 2.42. The van der Waals surface area contributed by atoms with Crippen LogP contribution in [0.3, 0.4) is 0 Å². The fourth-order valence-corrected chi connectivity index (χ4v) is 3.24. The molecule has 1 aromatic carbocycles. The number of hydrogen-bond donors (Lipinski definition) is 2. The lowest BCUT2D eigenvalue weighted by atomic mass is 9.95. The Morgan fingerprint density at radius 1 is 1.20 bits per heavy atom. The maximum absolute atomic E-state index is 12.2. The molecule has 1 amide bonds. The molecule has 0 heterocycles. The summed E-state index contributed by atoms with van der Waals surface area (Å²) >= 11 is 15.3. The standard InChI is InChI=1S/C13H12BrCl2NO3/c14-8-4-5-9(11(16)10(8)15)17-12(18)6-2-1-3-7(6)13(19)20/h4-7H,1-3H2,(H,17,18)(H,19,20)/t6-,7+/m1/s1. The molecule has 1 aliphatic rings. The molecule has 1 aromatic rings. The lowest BCUT2D eigenvalue weighted by Gasteiger charge is -2.16. The fraction of sp³-hybridized carbons (Fsp3) is 0.385. The van der Waals surface area contributed by atoms with E-state index in [1.165, 1.54) is 0 Å². The van der Waals surface area contributed by atoms with Crippen molar-refractivity contribution in [2.45, 2.75) is 19.3 Å². The van der Waals surface area contributed by atoms with E-state index < -0.39 is 17.8 Å². The molecule has 7 heteroatoms. The zero-order valence-corrected chi connectivity index (χ0v) is 13.4. The van der Waals surface area contributed by atoms with E-state index in [9.17, 15) is 9.59 Å². The Morgan fingerprint density at radius 2 is 1.85 bits per heavy atom. The molecule has 0 aromatic heterocycles. The number of aliphatic carboxylic acids is 1. The molecular formula is C13H12BrCl2NO3. The molecule has 2 rings (SSSR count). The van der Waals surface area contributed by atoms with E-state index in [2.05, 4.69) is 21.2 Å². The quantitative estimate of drug-likeness (QED) is 0.772. The van der Waals surface area contributed by atoms with Crippen LogP contribution in [0.15, 0.2) is 16.6 Å². The number of carbonyl (C=O) groups excluding carboxylic acids is 1. The summed E-state index contributed by atoms with van der Waals surface area (Å²) in [6, 6.07) is 3.30. The van der Waals surface area contributed by atoms with Gasteiger partial charge in [-0.25, -0.2) is 0 Å². The Morgan fingerprint density at radius 3 is 2.50 bits per heavy atom. The molecule has 2 N–H and O–H groups in total. The minimum Gasteiger partial charge on any atom is -0.481 e. The number of nitrogens with one attached hydrogen (secondary N) is 1. The summed E-state index contributed by atoms with van der Waals surface area (Å²) in [5.74, 6) is -2.40. The van der Waals surface area contributed by atoms with Gasteiger partial charge in [0.2, 0.25) is 5.91 Å². The van der Waals surface area contributed by atoms with E-state index in [0.717, 1.165) is 6.42 Å². The maximum atomic E-state index is 12.2. The predicted molar refractivity (Wildman–Crippen MR) is 81.3 cm³/mol. The molecule has 20 heavy (non-hydrogen) atoms. The molecule has 2 atom stereocenters. The van der Waals surface area contributed by atoms with E-state index in [4.69, 9.17) is 28.3 Å². The van der Waals surface area contributed by atoms with E-state index in [1.54, 1.807) is 12.1 Å². The summed E-state index contributed by atoms with van der Waals surface area (Å²) in [7, 11) is 0. The number of carbonyl (C=O) groups is 2. The maximum Gasteiger partial charge on any atom is 0.307 e. The first-order valence-corrected chi connectivity index (χ1v) is 7.64. The highest BCUT2D eigenvalue weighted by Gasteiger charge is 2.37. The van der Waals surface area contributed by atoms with Gasteiger partial charge < -0.3 is 10.4 Å². The number of benzene rings is 1. The number of anilines is 1. The van der Waals surface area contributed by atoms with Crippen molar-refractivity contribution in [3.63, 3.8) is 0 Å². The summed E-state index contributed by atoms with van der Waals surface area (Å²) < 4.78 is 0.631. The minimum atomic E-state index is -0.928. The van der Waals surface area contributed by atoms with Gasteiger partial charge in [-0.1, -0.05) is 29.6 Å². The second-order valence-corrected chi connectivity index (χ2v) is 6.30. The molecule has 1 fully saturated rings. The summed E-state index contributed by atoms with van der Waals surface area (Å²) in [5, 5.41) is 12.3. The Labute approximate surface area is 134 Å². The van der Waals surface area contributed by atoms with E-state index in [1.807, 2.05) is 0 Å². The third kappa shape index (κ3) is 3.10. The van der Waals surface area contributed by atoms with Gasteiger partial charge in [-0.2, -0.15) is 0 Å². The van der Waals surface area contributed by atoms with Crippen LogP contribution in [0.5, 0.6) is 0 Å². The number of amides is 1. The molecule has 0 unspecified atom stereocenters. The van der Waals surface area contributed by atoms with Crippen molar-refractivity contribution in [3.05, 3.63) is 26.7 Å². The highest BCUT2D eigenvalue weighted by molar-refractivity contribution is 9.10. The SMILES string of the molecule is O=C(O)[C@H]1CCC[C@H]1C(=O)Nc1ccc(Br)c(Cl)c1Cl. The van der Waals surface area contributed by atoms with Gasteiger partial charge >= 0.3 is 5.97 Å². The predicted octanol–water partition coefficient (Wildman–Crippen LogP) is 4.20. The summed E-state index contributed by atoms with van der Waals surface area (Å²) in [6.07, 6.45) is 1.84. The van der Waals surface area contributed by atoms with Crippen LogP contribution >= 0.6 is 39.1 Å². The number of carboxylic acid groups (broad SMARTS) is 1. The molecule has 1 saturated carbocycles. The van der Waals surface area contributed by atoms with Crippen LogP contribution in [-0.2, 0) is 9.59 Å². The summed E-state index contributed by atoms with van der Waals surface area (Å²) in [4.78, 5) is 23.3. The zero-order valence-electron chi connectivity index (χ0n) is 10.3. The Bertz CT molecular complexity index is 565. The highest BCUT2D eigenvalue weighted by atomic mass is 79.9. The number of carboxylic acids is 1. The van der Waals surface area contributed by atoms with Crippen molar-refractivity contribution >= 4 is 56.7 Å². The molecule has 0 bridgehead atoms. The zero-order chi connectivity index (χ0) is 14.9. The van der Waals surface area contributed by atoms with Crippen molar-refractivity contribution in [3.8, 4) is 0 Å². The summed E-state index contributed by atoms with van der Waals surface area (Å²) in [5.41, 5.74) is 0.390. The minimum absolute atomic E-state index is 0.235. The first kappa shape index (κ1) is 15.6. The van der Waals surface area contributed by atoms with Gasteiger partial charge in [0, 0.05) is 4.47 Å². The number of halogens is 3. The van der Waals surface area contributed by atoms with Crippen LogP contribution in [-0.4, -0.2) is 17.0 Å². The van der Waals surface area contributed by atoms with Gasteiger partial charge in [-0.05, 0) is 40.9 Å². The molecule has 0 saturated heterocycles. The average molecular weight is 381 g/mol. The number of hydrogen-bond acceptors (Lipinski definition) is 2. The monoisotopic (exact) mass is 379 g/mol. The topological polar surface area (TPSA) is 66.4 Å². The van der Waals surface area contributed by atoms with E-state index in [-0.39, 0.29) is 10.9 Å². The van der Waals surface area contributed by atoms with Gasteiger partial charge in [0.15, 0.2) is 0 Å². The van der Waals surface area contributed by atoms with Crippen LogP contribution in [0, 0.1) is 11.8 Å². The molecule has 0 spiro atoms. The second kappa shape index (κ2) is 6.33. The Balaban J connectivity index is 2.16. The smallest absolute Gasteiger partial charge is 0.307 e. The summed E-state index contributed by atoms with van der Waals surface area (Å²) in [6.45, 7) is 0. The largest absolute Gasteiger partial charge is 0.481 e. The molecule has 0 radical (unpaired) electrons. The van der Waals surface area contributed by atoms with Crippen molar-refractivity contribution in [2.24, 2.45) is 11.8 Å². The third-order valence-corrected chi connectivity index (χ3v) is 5.23. The van der Waals surface area contributed by atoms with E-state index in [0.29, 0.717) is 28.0 Å². The van der Waals surface area contributed by atoms with Gasteiger partial charge in [0.1, 0.15) is 0 Å².